The van der Waals surface area contributed by atoms with Gasteiger partial charge in [0.25, 0.3) is 0 Å². The normalized spacial score (nSPS) is 12.7. The molecule has 2 rings (SSSR count). The summed E-state index contributed by atoms with van der Waals surface area (Å²) in [5.41, 5.74) is 1.07. The Morgan fingerprint density at radius 3 is 2.68 bits per heavy atom. The van der Waals surface area contributed by atoms with E-state index in [1.54, 1.807) is 6.20 Å². The Bertz CT molecular complexity index is 519. The van der Waals surface area contributed by atoms with E-state index < -0.39 is 0 Å². The van der Waals surface area contributed by atoms with Crippen molar-refractivity contribution in [3.63, 3.8) is 0 Å². The van der Waals surface area contributed by atoms with Gasteiger partial charge in [0.2, 0.25) is 0 Å². The van der Waals surface area contributed by atoms with E-state index in [0.717, 1.165) is 23.9 Å². The largest absolute Gasteiger partial charge is 0.366 e. The van der Waals surface area contributed by atoms with Gasteiger partial charge in [0.1, 0.15) is 11.6 Å². The van der Waals surface area contributed by atoms with Crippen LogP contribution >= 0.6 is 0 Å². The van der Waals surface area contributed by atoms with E-state index in [-0.39, 0.29) is 6.04 Å². The molecule has 5 heteroatoms. The van der Waals surface area contributed by atoms with E-state index in [0.29, 0.717) is 5.92 Å². The van der Waals surface area contributed by atoms with Crippen LogP contribution in [-0.4, -0.2) is 25.8 Å². The molecule has 2 aromatic rings. The Hall–Kier alpha value is -1.91. The minimum Gasteiger partial charge on any atom is -0.366 e. The molecular formula is C14H21N5. The molecule has 0 spiro atoms. The summed E-state index contributed by atoms with van der Waals surface area (Å²) in [6.45, 7) is 9.13. The molecule has 102 valence electrons. The summed E-state index contributed by atoms with van der Waals surface area (Å²) >= 11 is 0. The van der Waals surface area contributed by atoms with Gasteiger partial charge in [-0.25, -0.2) is 9.97 Å². The van der Waals surface area contributed by atoms with Crippen LogP contribution in [0, 0.1) is 6.92 Å². The SMILES string of the molecule is Cc1nc(NC(C)Cn2cccn2)cc(C(C)C)n1. The molecule has 5 nitrogen and oxygen atoms in total. The third-order valence-electron chi connectivity index (χ3n) is 2.86. The lowest BCUT2D eigenvalue weighted by atomic mass is 10.1. The lowest BCUT2D eigenvalue weighted by molar-refractivity contribution is 0.559. The number of aromatic nitrogens is 4. The van der Waals surface area contributed by atoms with Crippen LogP contribution in [0.25, 0.3) is 0 Å². The first-order valence-corrected chi connectivity index (χ1v) is 6.64. The zero-order chi connectivity index (χ0) is 13.8. The van der Waals surface area contributed by atoms with Crippen LogP contribution in [0.4, 0.5) is 5.82 Å². The highest BCUT2D eigenvalue weighted by atomic mass is 15.3. The zero-order valence-electron chi connectivity index (χ0n) is 12.0. The van der Waals surface area contributed by atoms with Crippen molar-refractivity contribution >= 4 is 5.82 Å². The number of rotatable bonds is 5. The van der Waals surface area contributed by atoms with E-state index in [4.69, 9.17) is 0 Å². The highest BCUT2D eigenvalue weighted by Gasteiger charge is 2.08. The van der Waals surface area contributed by atoms with E-state index >= 15 is 0 Å². The zero-order valence-corrected chi connectivity index (χ0v) is 12.0. The van der Waals surface area contributed by atoms with Crippen molar-refractivity contribution in [3.05, 3.63) is 36.0 Å². The Labute approximate surface area is 114 Å². The monoisotopic (exact) mass is 259 g/mol. The van der Waals surface area contributed by atoms with Gasteiger partial charge in [-0.1, -0.05) is 13.8 Å². The quantitative estimate of drug-likeness (QED) is 0.896. The van der Waals surface area contributed by atoms with Crippen LogP contribution in [0.2, 0.25) is 0 Å². The molecule has 0 aromatic carbocycles. The highest BCUT2D eigenvalue weighted by molar-refractivity contribution is 5.37. The van der Waals surface area contributed by atoms with Gasteiger partial charge in [0.15, 0.2) is 0 Å². The lowest BCUT2D eigenvalue weighted by Crippen LogP contribution is -2.23. The van der Waals surface area contributed by atoms with Crippen LogP contribution in [0.5, 0.6) is 0 Å². The standard InChI is InChI=1S/C14H21N5/c1-10(2)13-8-14(18-12(4)17-13)16-11(3)9-19-7-5-6-15-19/h5-8,10-11H,9H2,1-4H3,(H,16,17,18). The van der Waals surface area contributed by atoms with Crippen molar-refractivity contribution < 1.29 is 0 Å². The van der Waals surface area contributed by atoms with Crippen molar-refractivity contribution in [2.75, 3.05) is 5.32 Å². The molecule has 0 bridgehead atoms. The molecule has 1 atom stereocenters. The van der Waals surface area contributed by atoms with Crippen LogP contribution in [0.15, 0.2) is 24.5 Å². The Kier molecular flexibility index (Phi) is 4.14. The minimum absolute atomic E-state index is 0.259. The molecule has 2 heterocycles. The Balaban J connectivity index is 2.05. The van der Waals surface area contributed by atoms with Gasteiger partial charge in [-0.15, -0.1) is 0 Å². The van der Waals surface area contributed by atoms with Crippen molar-refractivity contribution in [1.82, 2.24) is 19.7 Å². The van der Waals surface area contributed by atoms with Crippen LogP contribution < -0.4 is 5.32 Å². The minimum atomic E-state index is 0.259. The fraction of sp³-hybridized carbons (Fsp3) is 0.500. The van der Waals surface area contributed by atoms with Gasteiger partial charge in [-0.3, -0.25) is 4.68 Å². The molecule has 0 radical (unpaired) electrons. The fourth-order valence-electron chi connectivity index (χ4n) is 1.95. The molecule has 19 heavy (non-hydrogen) atoms. The Morgan fingerprint density at radius 1 is 1.26 bits per heavy atom. The summed E-state index contributed by atoms with van der Waals surface area (Å²) in [4.78, 5) is 8.88. The van der Waals surface area contributed by atoms with Gasteiger partial charge in [-0.05, 0) is 25.8 Å². The summed E-state index contributed by atoms with van der Waals surface area (Å²) < 4.78 is 1.91. The molecular weight excluding hydrogens is 238 g/mol. The van der Waals surface area contributed by atoms with Crippen molar-refractivity contribution in [1.29, 1.82) is 0 Å². The van der Waals surface area contributed by atoms with E-state index in [2.05, 4.69) is 41.2 Å². The number of aryl methyl sites for hydroxylation is 1. The van der Waals surface area contributed by atoms with Crippen LogP contribution in [0.1, 0.15) is 38.2 Å². The summed E-state index contributed by atoms with van der Waals surface area (Å²) in [5, 5.41) is 7.61. The van der Waals surface area contributed by atoms with Gasteiger partial charge in [0, 0.05) is 30.2 Å². The smallest absolute Gasteiger partial charge is 0.130 e. The predicted octanol–water partition coefficient (Wildman–Crippen LogP) is 2.61. The number of nitrogens with zero attached hydrogens (tertiary/aromatic N) is 4. The molecule has 0 aliphatic rings. The third kappa shape index (κ3) is 3.77. The Morgan fingerprint density at radius 2 is 2.05 bits per heavy atom. The van der Waals surface area contributed by atoms with Gasteiger partial charge >= 0.3 is 0 Å². The molecule has 0 fully saturated rings. The number of hydrogen-bond acceptors (Lipinski definition) is 4. The molecule has 1 unspecified atom stereocenters. The summed E-state index contributed by atoms with van der Waals surface area (Å²) in [5.74, 6) is 2.10. The molecule has 2 aromatic heterocycles. The molecule has 0 saturated heterocycles. The molecule has 0 saturated carbocycles. The first-order valence-electron chi connectivity index (χ1n) is 6.64. The summed E-state index contributed by atoms with van der Waals surface area (Å²) in [6.07, 6.45) is 3.75. The second kappa shape index (κ2) is 5.82. The number of nitrogens with one attached hydrogen (secondary N) is 1. The van der Waals surface area contributed by atoms with Crippen molar-refractivity contribution in [2.24, 2.45) is 0 Å². The maximum atomic E-state index is 4.45. The molecule has 0 aliphatic heterocycles. The first kappa shape index (κ1) is 13.5. The van der Waals surface area contributed by atoms with Gasteiger partial charge < -0.3 is 5.32 Å². The van der Waals surface area contributed by atoms with E-state index in [1.807, 2.05) is 29.9 Å². The average Bonchev–Trinajstić information content (AvgIpc) is 2.80. The summed E-state index contributed by atoms with van der Waals surface area (Å²) in [7, 11) is 0. The summed E-state index contributed by atoms with van der Waals surface area (Å²) in [6, 6.07) is 4.21. The first-order chi connectivity index (χ1) is 9.04. The molecule has 1 N–H and O–H groups in total. The highest BCUT2D eigenvalue weighted by Crippen LogP contribution is 2.16. The van der Waals surface area contributed by atoms with Crippen molar-refractivity contribution in [2.45, 2.75) is 46.2 Å². The third-order valence-corrected chi connectivity index (χ3v) is 2.86. The van der Waals surface area contributed by atoms with E-state index in [1.165, 1.54) is 0 Å². The number of anilines is 1. The maximum Gasteiger partial charge on any atom is 0.130 e. The fourth-order valence-corrected chi connectivity index (χ4v) is 1.95. The second-order valence-electron chi connectivity index (χ2n) is 5.15. The van der Waals surface area contributed by atoms with E-state index in [9.17, 15) is 0 Å². The molecule has 0 amide bonds. The van der Waals surface area contributed by atoms with Crippen LogP contribution in [-0.2, 0) is 6.54 Å². The molecule has 0 aliphatic carbocycles. The maximum absolute atomic E-state index is 4.45. The lowest BCUT2D eigenvalue weighted by Gasteiger charge is -2.16. The predicted molar refractivity (Wildman–Crippen MR) is 76.2 cm³/mol. The topological polar surface area (TPSA) is 55.6 Å². The van der Waals surface area contributed by atoms with Gasteiger partial charge in [0.05, 0.1) is 6.54 Å². The second-order valence-corrected chi connectivity index (χ2v) is 5.15. The van der Waals surface area contributed by atoms with Crippen molar-refractivity contribution in [3.8, 4) is 0 Å². The average molecular weight is 259 g/mol. The number of hydrogen-bond donors (Lipinski definition) is 1. The van der Waals surface area contributed by atoms with Gasteiger partial charge in [-0.2, -0.15) is 5.10 Å². The van der Waals surface area contributed by atoms with Crippen LogP contribution in [0.3, 0.4) is 0 Å².